The number of aliphatic hydroxyl groups excluding tert-OH is 1. The number of nitrogens with zero attached hydrogens (tertiary/aromatic N) is 6. The maximum atomic E-state index is 12.3. The molecule has 18 nitrogen and oxygen atoms in total. The second kappa shape index (κ2) is 20.2. The smallest absolute Gasteiger partial charge is 0.294 e. The predicted octanol–water partition coefficient (Wildman–Crippen LogP) is 10.5. The average Bonchev–Trinajstić information content (AvgIpc) is 3.25. The lowest BCUT2D eigenvalue weighted by atomic mass is 10.1. The first-order chi connectivity index (χ1) is 31.5. The molecule has 6 aromatic rings. The van der Waals surface area contributed by atoms with Gasteiger partial charge in [0.1, 0.15) is 11.4 Å². The molecule has 0 amide bonds. The average molecular weight is 968 g/mol. The molecule has 6 aromatic carbocycles. The molecule has 0 saturated heterocycles. The van der Waals surface area contributed by atoms with Crippen LogP contribution in [0.4, 0.5) is 39.8 Å². The van der Waals surface area contributed by atoms with Gasteiger partial charge in [-0.3, -0.25) is 13.7 Å². The molecule has 0 aliphatic rings. The van der Waals surface area contributed by atoms with Crippen LogP contribution < -0.4 is 20.5 Å². The summed E-state index contributed by atoms with van der Waals surface area (Å²) in [5, 5.41) is 42.0. The number of nitrogens with one attached hydrogen (secondary N) is 1. The third-order valence-electron chi connectivity index (χ3n) is 10.2. The second-order valence-corrected chi connectivity index (χ2v) is 19.9. The van der Waals surface area contributed by atoms with E-state index in [1.54, 1.807) is 74.5 Å². The molecule has 0 saturated carbocycles. The molecule has 0 aliphatic carbocycles. The SMILES string of the molecule is C=c1cc(Nc2ccccc2)cc/c1=C(O)/C(N=Nc1cc(C)c(N=Nc2cc(C)c(N=Nc3ccc4c(OCCCS(=O)(=O)O)cc(S(=O)(=O)O)cc4c3)cc2C)cc1C)=C(\C)S(=O)(=O)O. The van der Waals surface area contributed by atoms with Gasteiger partial charge < -0.3 is 15.2 Å². The van der Waals surface area contributed by atoms with E-state index >= 15 is 0 Å². The summed E-state index contributed by atoms with van der Waals surface area (Å²) in [6.07, 6.45) is -0.0659. The van der Waals surface area contributed by atoms with Crippen LogP contribution in [0.5, 0.6) is 5.75 Å². The second-order valence-electron chi connectivity index (χ2n) is 15.3. The van der Waals surface area contributed by atoms with Gasteiger partial charge in [-0.2, -0.15) is 50.8 Å². The molecule has 0 spiro atoms. The Labute approximate surface area is 386 Å². The van der Waals surface area contributed by atoms with Gasteiger partial charge in [-0.15, -0.1) is 5.11 Å². The van der Waals surface area contributed by atoms with E-state index in [0.29, 0.717) is 72.4 Å². The number of hydrogen-bond acceptors (Lipinski definition) is 15. The number of azo groups is 3. The molecule has 348 valence electrons. The lowest BCUT2D eigenvalue weighted by molar-refractivity contribution is 0.319. The first kappa shape index (κ1) is 49.4. The zero-order valence-electron chi connectivity index (χ0n) is 36.7. The van der Waals surface area contributed by atoms with Crippen LogP contribution in [0, 0.1) is 27.7 Å². The zero-order valence-corrected chi connectivity index (χ0v) is 39.1. The van der Waals surface area contributed by atoms with Crippen molar-refractivity contribution in [2.75, 3.05) is 17.7 Å². The van der Waals surface area contributed by atoms with Gasteiger partial charge in [0.25, 0.3) is 30.4 Å². The molecule has 0 bridgehead atoms. The van der Waals surface area contributed by atoms with Gasteiger partial charge in [-0.25, -0.2) is 0 Å². The first-order valence-corrected chi connectivity index (χ1v) is 24.6. The zero-order chi connectivity index (χ0) is 48.8. The van der Waals surface area contributed by atoms with E-state index in [1.807, 2.05) is 44.2 Å². The number of allylic oxidation sites excluding steroid dienone is 1. The molecule has 0 aliphatic heterocycles. The van der Waals surface area contributed by atoms with Crippen LogP contribution in [0.1, 0.15) is 35.6 Å². The van der Waals surface area contributed by atoms with Crippen molar-refractivity contribution in [1.82, 2.24) is 0 Å². The van der Waals surface area contributed by atoms with Crippen LogP contribution in [0.25, 0.3) is 23.1 Å². The Balaban J connectivity index is 1.22. The molecule has 0 fully saturated rings. The van der Waals surface area contributed by atoms with Gasteiger partial charge in [-0.1, -0.05) is 24.8 Å². The summed E-state index contributed by atoms with van der Waals surface area (Å²) in [4.78, 5) is -1.07. The van der Waals surface area contributed by atoms with E-state index in [9.17, 15) is 39.5 Å². The van der Waals surface area contributed by atoms with E-state index < -0.39 is 57.4 Å². The van der Waals surface area contributed by atoms with Crippen LogP contribution in [-0.4, -0.2) is 56.4 Å². The van der Waals surface area contributed by atoms with E-state index in [4.69, 9.17) is 9.29 Å². The Bertz CT molecular complexity index is 3510. The number of benzene rings is 6. The van der Waals surface area contributed by atoms with Crippen molar-refractivity contribution in [2.45, 2.75) is 45.9 Å². The molecule has 0 atom stereocenters. The highest BCUT2D eigenvalue weighted by Gasteiger charge is 2.20. The number of aliphatic hydroxyl groups is 1. The molecule has 0 unspecified atom stereocenters. The van der Waals surface area contributed by atoms with E-state index in [2.05, 4.69) is 42.6 Å². The van der Waals surface area contributed by atoms with E-state index in [0.717, 1.165) is 18.7 Å². The fourth-order valence-corrected chi connectivity index (χ4v) is 7.90. The molecule has 0 heterocycles. The summed E-state index contributed by atoms with van der Waals surface area (Å²) in [5.74, 6) is -1.04. The minimum absolute atomic E-state index is 0.0659. The molecular weight excluding hydrogens is 923 g/mol. The van der Waals surface area contributed by atoms with Crippen molar-refractivity contribution in [1.29, 1.82) is 0 Å². The Morgan fingerprint density at radius 2 is 1.22 bits per heavy atom. The summed E-state index contributed by atoms with van der Waals surface area (Å²) < 4.78 is 105. The largest absolute Gasteiger partial charge is 0.505 e. The van der Waals surface area contributed by atoms with E-state index in [1.165, 1.54) is 6.07 Å². The Hall–Kier alpha value is -7.01. The van der Waals surface area contributed by atoms with Crippen LogP contribution in [0.3, 0.4) is 0 Å². The maximum absolute atomic E-state index is 12.3. The molecule has 5 N–H and O–H groups in total. The monoisotopic (exact) mass is 967 g/mol. The summed E-state index contributed by atoms with van der Waals surface area (Å²) in [5.41, 5.74) is 5.90. The topological polar surface area (TPSA) is 279 Å². The molecular formula is C46H45N7O11S3. The van der Waals surface area contributed by atoms with Gasteiger partial charge in [0, 0.05) is 28.0 Å². The summed E-state index contributed by atoms with van der Waals surface area (Å²) in [6.45, 7) is 12.1. The van der Waals surface area contributed by atoms with Gasteiger partial charge >= 0.3 is 0 Å². The molecule has 0 radical (unpaired) electrons. The lowest BCUT2D eigenvalue weighted by Gasteiger charge is -2.11. The Kier molecular flexibility index (Phi) is 14.9. The van der Waals surface area contributed by atoms with Gasteiger partial charge in [0.2, 0.25) is 0 Å². The Morgan fingerprint density at radius 1 is 0.657 bits per heavy atom. The van der Waals surface area contributed by atoms with Crippen LogP contribution in [0.15, 0.2) is 149 Å². The molecule has 0 aromatic heterocycles. The predicted molar refractivity (Wildman–Crippen MR) is 256 cm³/mol. The summed E-state index contributed by atoms with van der Waals surface area (Å²) >= 11 is 0. The third-order valence-corrected chi connectivity index (χ3v) is 12.8. The lowest BCUT2D eigenvalue weighted by Crippen LogP contribution is -2.26. The van der Waals surface area contributed by atoms with Crippen molar-refractivity contribution >= 4 is 93.3 Å². The number of ether oxygens (including phenoxy) is 1. The standard InChI is InChI=1S/C46H45N7O11S3/c1-27-19-35(47-34-11-8-7-9-12-34)13-15-38(27)46(54)45(32(6)66(58,59)60)53-52-43-23-30(4)42(22-31(43)5)51-50-41-21-28(2)40(20-29(41)3)49-48-36-14-16-39-33(24-36)25-37(67(61,62)63)26-44(39)64-17-10-18-65(55,56)57/h7-9,11-16,19-26,47,54H,1,10,17-18H2,2-6H3,(H,55,56,57)(H,58,59,60)(H,61,62,63)/b45-32-,46-38+,49-48?,51-50?,53-52?. The summed E-state index contributed by atoms with van der Waals surface area (Å²) in [7, 11) is -13.7. The minimum atomic E-state index is -4.80. The number of aryl methyl sites for hydroxylation is 4. The molecule has 67 heavy (non-hydrogen) atoms. The number of para-hydroxylation sites is 1. The van der Waals surface area contributed by atoms with Gasteiger partial charge in [-0.05, 0) is 153 Å². The van der Waals surface area contributed by atoms with Gasteiger partial charge in [0.05, 0.1) is 50.6 Å². The fourth-order valence-electron chi connectivity index (χ4n) is 6.50. The van der Waals surface area contributed by atoms with Crippen molar-refractivity contribution < 1.29 is 48.8 Å². The highest BCUT2D eigenvalue weighted by molar-refractivity contribution is 7.89. The van der Waals surface area contributed by atoms with Crippen LogP contribution in [0.2, 0.25) is 0 Å². The normalized spacial score (nSPS) is 13.4. The molecule has 21 heteroatoms. The van der Waals surface area contributed by atoms with Crippen molar-refractivity contribution in [3.63, 3.8) is 0 Å². The number of hydrogen-bond donors (Lipinski definition) is 5. The third kappa shape index (κ3) is 12.9. The van der Waals surface area contributed by atoms with Crippen molar-refractivity contribution in [3.8, 4) is 5.75 Å². The first-order valence-electron chi connectivity index (χ1n) is 20.1. The summed E-state index contributed by atoms with van der Waals surface area (Å²) in [6, 6.07) is 28.3. The van der Waals surface area contributed by atoms with Crippen molar-refractivity contribution in [2.24, 2.45) is 30.7 Å². The maximum Gasteiger partial charge on any atom is 0.294 e. The highest BCUT2D eigenvalue weighted by atomic mass is 32.2. The van der Waals surface area contributed by atoms with E-state index in [-0.39, 0.29) is 24.0 Å². The Morgan fingerprint density at radius 3 is 1.76 bits per heavy atom. The number of anilines is 2. The quantitative estimate of drug-likeness (QED) is 0.0344. The fraction of sp³-hybridized carbons (Fsp3) is 0.174. The number of rotatable bonds is 16. The van der Waals surface area contributed by atoms with Gasteiger partial charge in [0.15, 0.2) is 5.76 Å². The highest BCUT2D eigenvalue weighted by Crippen LogP contribution is 2.36. The van der Waals surface area contributed by atoms with Crippen LogP contribution >= 0.6 is 0 Å². The number of fused-ring (bicyclic) bond motifs is 1. The molecule has 6 rings (SSSR count). The van der Waals surface area contributed by atoms with Crippen molar-refractivity contribution in [3.05, 3.63) is 146 Å². The minimum Gasteiger partial charge on any atom is -0.505 e. The van der Waals surface area contributed by atoms with Crippen LogP contribution in [-0.2, 0) is 30.4 Å².